The minimum Gasteiger partial charge on any atom is -0.329 e. The lowest BCUT2D eigenvalue weighted by atomic mass is 10.5. The molecule has 0 spiro atoms. The summed E-state index contributed by atoms with van der Waals surface area (Å²) in [5.41, 5.74) is 0. The van der Waals surface area contributed by atoms with Gasteiger partial charge in [0.1, 0.15) is 0 Å². The first-order valence-electron chi connectivity index (χ1n) is 3.75. The average Bonchev–Trinajstić information content (AvgIpc) is 2.67. The SMILES string of the molecule is FC(F)(F)c1nc(-c2ncccn2)no1. The third-order valence-corrected chi connectivity index (χ3v) is 1.43. The van der Waals surface area contributed by atoms with Gasteiger partial charge in [0.05, 0.1) is 0 Å². The smallest absolute Gasteiger partial charge is 0.329 e. The van der Waals surface area contributed by atoms with Gasteiger partial charge in [0, 0.05) is 12.4 Å². The van der Waals surface area contributed by atoms with Crippen LogP contribution in [0.2, 0.25) is 0 Å². The molecule has 0 N–H and O–H groups in total. The molecule has 2 aromatic rings. The van der Waals surface area contributed by atoms with Gasteiger partial charge in [-0.1, -0.05) is 5.16 Å². The van der Waals surface area contributed by atoms with Crippen molar-refractivity contribution in [3.63, 3.8) is 0 Å². The lowest BCUT2D eigenvalue weighted by molar-refractivity contribution is -0.159. The first kappa shape index (κ1) is 9.56. The van der Waals surface area contributed by atoms with Crippen molar-refractivity contribution >= 4 is 0 Å². The second kappa shape index (κ2) is 3.30. The maximum atomic E-state index is 12.1. The average molecular weight is 216 g/mol. The first-order valence-corrected chi connectivity index (χ1v) is 3.75. The van der Waals surface area contributed by atoms with Gasteiger partial charge in [0.25, 0.3) is 0 Å². The van der Waals surface area contributed by atoms with E-state index in [1.54, 1.807) is 0 Å². The highest BCUT2D eigenvalue weighted by Gasteiger charge is 2.38. The predicted molar refractivity (Wildman–Crippen MR) is 40.3 cm³/mol. The minimum atomic E-state index is -4.65. The molecule has 0 bridgehead atoms. The third kappa shape index (κ3) is 1.92. The summed E-state index contributed by atoms with van der Waals surface area (Å²) in [5.74, 6) is -1.72. The van der Waals surface area contributed by atoms with E-state index >= 15 is 0 Å². The van der Waals surface area contributed by atoms with E-state index in [9.17, 15) is 13.2 Å². The number of aromatic nitrogens is 4. The van der Waals surface area contributed by atoms with E-state index in [-0.39, 0.29) is 11.6 Å². The Labute approximate surface area is 81.0 Å². The Balaban J connectivity index is 2.37. The van der Waals surface area contributed by atoms with E-state index in [0.717, 1.165) is 0 Å². The Hall–Kier alpha value is -1.99. The Kier molecular flexibility index (Phi) is 2.10. The van der Waals surface area contributed by atoms with Crippen LogP contribution in [0.25, 0.3) is 11.6 Å². The first-order chi connectivity index (χ1) is 7.07. The highest BCUT2D eigenvalue weighted by Crippen LogP contribution is 2.28. The molecule has 0 aliphatic rings. The van der Waals surface area contributed by atoms with E-state index in [2.05, 4.69) is 24.6 Å². The number of halogens is 3. The van der Waals surface area contributed by atoms with Gasteiger partial charge in [-0.2, -0.15) is 18.2 Å². The molecule has 5 nitrogen and oxygen atoms in total. The van der Waals surface area contributed by atoms with Crippen molar-refractivity contribution in [1.29, 1.82) is 0 Å². The molecule has 0 saturated heterocycles. The van der Waals surface area contributed by atoms with Crippen LogP contribution in [0.1, 0.15) is 5.89 Å². The van der Waals surface area contributed by atoms with Crippen molar-refractivity contribution in [2.45, 2.75) is 6.18 Å². The summed E-state index contributed by atoms with van der Waals surface area (Å²) in [5, 5.41) is 3.12. The molecule has 2 heterocycles. The fourth-order valence-corrected chi connectivity index (χ4v) is 0.844. The van der Waals surface area contributed by atoms with Gasteiger partial charge in [-0.25, -0.2) is 9.97 Å². The lowest BCUT2D eigenvalue weighted by Gasteiger charge is -1.95. The Morgan fingerprint density at radius 1 is 1.07 bits per heavy atom. The standard InChI is InChI=1S/C7H3F3N4O/c8-7(9,10)6-13-5(14-15-6)4-11-2-1-3-12-4/h1-3H. The highest BCUT2D eigenvalue weighted by atomic mass is 19.4. The van der Waals surface area contributed by atoms with E-state index in [4.69, 9.17) is 0 Å². The van der Waals surface area contributed by atoms with Crippen molar-refractivity contribution in [2.24, 2.45) is 0 Å². The summed E-state index contributed by atoms with van der Waals surface area (Å²) in [4.78, 5) is 10.5. The van der Waals surface area contributed by atoms with Crippen molar-refractivity contribution in [3.05, 3.63) is 24.4 Å². The topological polar surface area (TPSA) is 64.7 Å². The fraction of sp³-hybridized carbons (Fsp3) is 0.143. The molecule has 78 valence electrons. The van der Waals surface area contributed by atoms with Crippen molar-refractivity contribution < 1.29 is 17.7 Å². The molecule has 0 radical (unpaired) electrons. The Morgan fingerprint density at radius 2 is 1.73 bits per heavy atom. The summed E-state index contributed by atoms with van der Waals surface area (Å²) >= 11 is 0. The van der Waals surface area contributed by atoms with Crippen LogP contribution < -0.4 is 0 Å². The van der Waals surface area contributed by atoms with Gasteiger partial charge < -0.3 is 4.52 Å². The van der Waals surface area contributed by atoms with Crippen LogP contribution in [0.3, 0.4) is 0 Å². The molecular weight excluding hydrogens is 213 g/mol. The van der Waals surface area contributed by atoms with Crippen LogP contribution in [0.5, 0.6) is 0 Å². The molecule has 0 aliphatic heterocycles. The number of rotatable bonds is 1. The summed E-state index contributed by atoms with van der Waals surface area (Å²) in [6.45, 7) is 0. The third-order valence-electron chi connectivity index (χ3n) is 1.43. The zero-order valence-electron chi connectivity index (χ0n) is 7.06. The molecule has 0 amide bonds. The van der Waals surface area contributed by atoms with Gasteiger partial charge in [-0.3, -0.25) is 0 Å². The van der Waals surface area contributed by atoms with Crippen LogP contribution in [-0.2, 0) is 6.18 Å². The Bertz CT molecular complexity index is 453. The van der Waals surface area contributed by atoms with E-state index in [0.29, 0.717) is 0 Å². The van der Waals surface area contributed by atoms with Crippen LogP contribution in [0.15, 0.2) is 23.0 Å². The lowest BCUT2D eigenvalue weighted by Crippen LogP contribution is -2.05. The molecule has 0 atom stereocenters. The van der Waals surface area contributed by atoms with Crippen LogP contribution >= 0.6 is 0 Å². The quantitative estimate of drug-likeness (QED) is 0.723. The number of hydrogen-bond acceptors (Lipinski definition) is 5. The maximum absolute atomic E-state index is 12.1. The molecule has 0 fully saturated rings. The van der Waals surface area contributed by atoms with Crippen molar-refractivity contribution in [3.8, 4) is 11.6 Å². The van der Waals surface area contributed by atoms with Gasteiger partial charge in [0.2, 0.25) is 11.6 Å². The summed E-state index contributed by atoms with van der Waals surface area (Å²) in [7, 11) is 0. The normalized spacial score (nSPS) is 11.7. The van der Waals surface area contributed by atoms with Crippen molar-refractivity contribution in [1.82, 2.24) is 20.1 Å². The summed E-state index contributed by atoms with van der Waals surface area (Å²) < 4.78 is 40.3. The maximum Gasteiger partial charge on any atom is 0.471 e. The van der Waals surface area contributed by atoms with E-state index in [1.807, 2.05) is 0 Å². The molecule has 0 aromatic carbocycles. The molecule has 2 rings (SSSR count). The van der Waals surface area contributed by atoms with Crippen LogP contribution in [0.4, 0.5) is 13.2 Å². The molecule has 15 heavy (non-hydrogen) atoms. The zero-order chi connectivity index (χ0) is 10.9. The number of nitrogens with zero attached hydrogens (tertiary/aromatic N) is 4. The largest absolute Gasteiger partial charge is 0.471 e. The van der Waals surface area contributed by atoms with Crippen LogP contribution in [-0.4, -0.2) is 20.1 Å². The monoisotopic (exact) mass is 216 g/mol. The van der Waals surface area contributed by atoms with E-state index < -0.39 is 12.1 Å². The molecule has 0 aliphatic carbocycles. The molecule has 2 aromatic heterocycles. The number of alkyl halides is 3. The molecule has 8 heteroatoms. The molecule has 0 saturated carbocycles. The molecular formula is C7H3F3N4O. The molecule has 0 unspecified atom stereocenters. The second-order valence-electron chi connectivity index (χ2n) is 2.49. The fourth-order valence-electron chi connectivity index (χ4n) is 0.844. The van der Waals surface area contributed by atoms with Gasteiger partial charge in [0.15, 0.2) is 0 Å². The highest BCUT2D eigenvalue weighted by molar-refractivity contribution is 5.40. The van der Waals surface area contributed by atoms with Crippen molar-refractivity contribution in [2.75, 3.05) is 0 Å². The zero-order valence-corrected chi connectivity index (χ0v) is 7.06. The second-order valence-corrected chi connectivity index (χ2v) is 2.49. The van der Waals surface area contributed by atoms with Gasteiger partial charge in [-0.05, 0) is 6.07 Å². The van der Waals surface area contributed by atoms with Crippen LogP contribution in [0, 0.1) is 0 Å². The Morgan fingerprint density at radius 3 is 2.27 bits per heavy atom. The summed E-state index contributed by atoms with van der Waals surface area (Å²) in [6, 6.07) is 1.52. The predicted octanol–water partition coefficient (Wildman–Crippen LogP) is 1.55. The van der Waals surface area contributed by atoms with E-state index in [1.165, 1.54) is 18.5 Å². The van der Waals surface area contributed by atoms with Gasteiger partial charge >= 0.3 is 12.1 Å². The summed E-state index contributed by atoms with van der Waals surface area (Å²) in [6.07, 6.45) is -1.92. The van der Waals surface area contributed by atoms with Gasteiger partial charge in [-0.15, -0.1) is 0 Å². The minimum absolute atomic E-state index is 0.0169. The number of hydrogen-bond donors (Lipinski definition) is 0.